The van der Waals surface area contributed by atoms with Crippen molar-refractivity contribution < 1.29 is 4.39 Å². The first-order chi connectivity index (χ1) is 8.08. The predicted octanol–water partition coefficient (Wildman–Crippen LogP) is 3.43. The van der Waals surface area contributed by atoms with Gasteiger partial charge in [0.15, 0.2) is 0 Å². The minimum atomic E-state index is -0.409. The lowest BCUT2D eigenvalue weighted by Crippen LogP contribution is -2.01. The number of nitrogens with one attached hydrogen (secondary N) is 2. The van der Waals surface area contributed by atoms with Gasteiger partial charge in [-0.1, -0.05) is 11.6 Å². The maximum Gasteiger partial charge on any atom is 0.141 e. The summed E-state index contributed by atoms with van der Waals surface area (Å²) in [5, 5.41) is 10.3. The number of benzene rings is 1. The molecule has 1 aromatic carbocycles. The largest absolute Gasteiger partial charge is 0.381 e. The molecular formula is C12H13ClFN3. The first kappa shape index (κ1) is 11.9. The van der Waals surface area contributed by atoms with Gasteiger partial charge in [-0.2, -0.15) is 5.10 Å². The first-order valence-electron chi connectivity index (χ1n) is 5.27. The fourth-order valence-corrected chi connectivity index (χ4v) is 1.81. The van der Waals surface area contributed by atoms with Crippen LogP contribution in [0.15, 0.2) is 18.2 Å². The molecule has 2 N–H and O–H groups in total. The summed E-state index contributed by atoms with van der Waals surface area (Å²) in [6, 6.07) is 4.58. The van der Waals surface area contributed by atoms with Crippen molar-refractivity contribution >= 4 is 17.3 Å². The molecule has 0 radical (unpaired) electrons. The molecule has 0 saturated carbocycles. The van der Waals surface area contributed by atoms with Gasteiger partial charge in [-0.3, -0.25) is 5.10 Å². The van der Waals surface area contributed by atoms with Crippen LogP contribution in [-0.4, -0.2) is 10.2 Å². The number of halogens is 2. The van der Waals surface area contributed by atoms with Crippen molar-refractivity contribution in [3.8, 4) is 0 Å². The highest BCUT2D eigenvalue weighted by Gasteiger charge is 2.06. The molecule has 0 aliphatic carbocycles. The van der Waals surface area contributed by atoms with Gasteiger partial charge in [-0.05, 0) is 32.0 Å². The number of aromatic amines is 1. The number of H-pyrrole nitrogens is 1. The number of rotatable bonds is 3. The van der Waals surface area contributed by atoms with E-state index in [0.29, 0.717) is 6.54 Å². The SMILES string of the molecule is Cc1n[nH]c(C)c1CNc1ccc(F)c(Cl)c1. The molecule has 1 aromatic heterocycles. The van der Waals surface area contributed by atoms with Crippen LogP contribution in [0.4, 0.5) is 10.1 Å². The summed E-state index contributed by atoms with van der Waals surface area (Å²) in [5.74, 6) is -0.409. The average Bonchev–Trinajstić information content (AvgIpc) is 2.61. The number of aromatic nitrogens is 2. The summed E-state index contributed by atoms with van der Waals surface area (Å²) in [4.78, 5) is 0. The van der Waals surface area contributed by atoms with E-state index >= 15 is 0 Å². The van der Waals surface area contributed by atoms with Gasteiger partial charge in [0.25, 0.3) is 0 Å². The van der Waals surface area contributed by atoms with Gasteiger partial charge in [0.2, 0.25) is 0 Å². The molecule has 0 fully saturated rings. The molecule has 0 saturated heterocycles. The number of hydrogen-bond donors (Lipinski definition) is 2. The highest BCUT2D eigenvalue weighted by Crippen LogP contribution is 2.20. The molecule has 0 atom stereocenters. The highest BCUT2D eigenvalue weighted by molar-refractivity contribution is 6.31. The van der Waals surface area contributed by atoms with Crippen LogP contribution in [0.1, 0.15) is 17.0 Å². The Morgan fingerprint density at radius 2 is 2.18 bits per heavy atom. The van der Waals surface area contributed by atoms with Crippen LogP contribution in [0.2, 0.25) is 5.02 Å². The van der Waals surface area contributed by atoms with Gasteiger partial charge in [-0.15, -0.1) is 0 Å². The Bertz CT molecular complexity index is 517. The van der Waals surface area contributed by atoms with E-state index in [1.165, 1.54) is 6.07 Å². The van der Waals surface area contributed by atoms with E-state index < -0.39 is 5.82 Å². The van der Waals surface area contributed by atoms with Crippen molar-refractivity contribution in [3.05, 3.63) is 46.0 Å². The van der Waals surface area contributed by atoms with Crippen molar-refractivity contribution in [2.75, 3.05) is 5.32 Å². The molecule has 2 aromatic rings. The monoisotopic (exact) mass is 253 g/mol. The topological polar surface area (TPSA) is 40.7 Å². The van der Waals surface area contributed by atoms with Crippen LogP contribution in [0, 0.1) is 19.7 Å². The van der Waals surface area contributed by atoms with Crippen molar-refractivity contribution in [1.82, 2.24) is 10.2 Å². The van der Waals surface area contributed by atoms with Crippen LogP contribution in [0.25, 0.3) is 0 Å². The molecule has 5 heteroatoms. The van der Waals surface area contributed by atoms with Gasteiger partial charge < -0.3 is 5.32 Å². The molecule has 17 heavy (non-hydrogen) atoms. The van der Waals surface area contributed by atoms with Gasteiger partial charge in [0.05, 0.1) is 10.7 Å². The van der Waals surface area contributed by atoms with Gasteiger partial charge in [-0.25, -0.2) is 4.39 Å². The molecule has 0 aliphatic rings. The van der Waals surface area contributed by atoms with E-state index in [2.05, 4.69) is 15.5 Å². The lowest BCUT2D eigenvalue weighted by molar-refractivity contribution is 0.628. The molecule has 0 spiro atoms. The predicted molar refractivity (Wildman–Crippen MR) is 66.8 cm³/mol. The Morgan fingerprint density at radius 1 is 1.41 bits per heavy atom. The van der Waals surface area contributed by atoms with Gasteiger partial charge in [0.1, 0.15) is 5.82 Å². The molecule has 3 nitrogen and oxygen atoms in total. The molecule has 2 rings (SSSR count). The van der Waals surface area contributed by atoms with Gasteiger partial charge in [0, 0.05) is 23.5 Å². The summed E-state index contributed by atoms with van der Waals surface area (Å²) in [6.45, 7) is 4.54. The smallest absolute Gasteiger partial charge is 0.141 e. The third-order valence-electron chi connectivity index (χ3n) is 2.67. The zero-order valence-corrected chi connectivity index (χ0v) is 10.4. The number of anilines is 1. The standard InChI is InChI=1S/C12H13ClFN3/c1-7-10(8(2)17-16-7)6-15-9-3-4-12(14)11(13)5-9/h3-5,15H,6H2,1-2H3,(H,16,17). The maximum atomic E-state index is 13.0. The van der Waals surface area contributed by atoms with Crippen LogP contribution in [0.3, 0.4) is 0 Å². The molecule has 90 valence electrons. The summed E-state index contributed by atoms with van der Waals surface area (Å²) >= 11 is 5.70. The number of aryl methyl sites for hydroxylation is 2. The molecular weight excluding hydrogens is 241 g/mol. The van der Waals surface area contributed by atoms with Crippen molar-refractivity contribution in [3.63, 3.8) is 0 Å². The van der Waals surface area contributed by atoms with Crippen LogP contribution in [0.5, 0.6) is 0 Å². The van der Waals surface area contributed by atoms with Crippen LogP contribution in [-0.2, 0) is 6.54 Å². The van der Waals surface area contributed by atoms with E-state index in [1.807, 2.05) is 13.8 Å². The summed E-state index contributed by atoms with van der Waals surface area (Å²) in [6.07, 6.45) is 0. The van der Waals surface area contributed by atoms with E-state index in [0.717, 1.165) is 22.6 Å². The Labute approximate surface area is 104 Å². The normalized spacial score (nSPS) is 10.6. The van der Waals surface area contributed by atoms with Crippen LogP contribution < -0.4 is 5.32 Å². The fourth-order valence-electron chi connectivity index (χ4n) is 1.63. The van der Waals surface area contributed by atoms with E-state index in [-0.39, 0.29) is 5.02 Å². The number of hydrogen-bond acceptors (Lipinski definition) is 2. The molecule has 1 heterocycles. The van der Waals surface area contributed by atoms with E-state index in [4.69, 9.17) is 11.6 Å². The van der Waals surface area contributed by atoms with Gasteiger partial charge >= 0.3 is 0 Å². The lowest BCUT2D eigenvalue weighted by atomic mass is 10.2. The third kappa shape index (κ3) is 2.58. The zero-order chi connectivity index (χ0) is 12.4. The summed E-state index contributed by atoms with van der Waals surface area (Å²) in [5.41, 5.74) is 3.90. The van der Waals surface area contributed by atoms with Crippen molar-refractivity contribution in [1.29, 1.82) is 0 Å². The zero-order valence-electron chi connectivity index (χ0n) is 9.64. The molecule has 0 amide bonds. The van der Waals surface area contributed by atoms with E-state index in [1.54, 1.807) is 12.1 Å². The summed E-state index contributed by atoms with van der Waals surface area (Å²) in [7, 11) is 0. The third-order valence-corrected chi connectivity index (χ3v) is 2.96. The van der Waals surface area contributed by atoms with Crippen LogP contribution >= 0.6 is 11.6 Å². The maximum absolute atomic E-state index is 13.0. The molecule has 0 aliphatic heterocycles. The van der Waals surface area contributed by atoms with Crippen molar-refractivity contribution in [2.45, 2.75) is 20.4 Å². The second-order valence-electron chi connectivity index (χ2n) is 3.90. The minimum Gasteiger partial charge on any atom is -0.381 e. The molecule has 0 unspecified atom stereocenters. The highest BCUT2D eigenvalue weighted by atomic mass is 35.5. The van der Waals surface area contributed by atoms with E-state index in [9.17, 15) is 4.39 Å². The second-order valence-corrected chi connectivity index (χ2v) is 4.30. The Kier molecular flexibility index (Phi) is 3.33. The number of nitrogens with zero attached hydrogens (tertiary/aromatic N) is 1. The Balaban J connectivity index is 2.10. The molecule has 0 bridgehead atoms. The first-order valence-corrected chi connectivity index (χ1v) is 5.65. The fraction of sp³-hybridized carbons (Fsp3) is 0.250. The summed E-state index contributed by atoms with van der Waals surface area (Å²) < 4.78 is 13.0. The van der Waals surface area contributed by atoms with Crippen molar-refractivity contribution in [2.24, 2.45) is 0 Å². The quantitative estimate of drug-likeness (QED) is 0.880. The Hall–Kier alpha value is -1.55. The lowest BCUT2D eigenvalue weighted by Gasteiger charge is -2.07. The second kappa shape index (κ2) is 4.75. The average molecular weight is 254 g/mol. The minimum absolute atomic E-state index is 0.121. The Morgan fingerprint density at radius 3 is 2.76 bits per heavy atom.